The summed E-state index contributed by atoms with van der Waals surface area (Å²) < 4.78 is 0. The van der Waals surface area contributed by atoms with E-state index in [1.165, 1.54) is 24.1 Å². The fourth-order valence-corrected chi connectivity index (χ4v) is 3.89. The van der Waals surface area contributed by atoms with Gasteiger partial charge < -0.3 is 9.80 Å². The van der Waals surface area contributed by atoms with Gasteiger partial charge in [0, 0.05) is 32.2 Å². The Morgan fingerprint density at radius 2 is 1.92 bits per heavy atom. The summed E-state index contributed by atoms with van der Waals surface area (Å²) in [5.41, 5.74) is 8.77. The highest BCUT2D eigenvalue weighted by atomic mass is 16.2. The molecule has 1 aliphatic carbocycles. The second-order valence-electron chi connectivity index (χ2n) is 7.17. The van der Waals surface area contributed by atoms with Crippen molar-refractivity contribution in [1.82, 2.24) is 25.9 Å². The third-order valence-corrected chi connectivity index (χ3v) is 5.36. The number of aryl methyl sites for hydroxylation is 2. The Labute approximate surface area is 142 Å². The lowest BCUT2D eigenvalue weighted by Crippen LogP contribution is -2.54. The summed E-state index contributed by atoms with van der Waals surface area (Å²) in [4.78, 5) is 16.8. The van der Waals surface area contributed by atoms with Crippen molar-refractivity contribution in [3.8, 4) is 0 Å². The minimum atomic E-state index is -0.0879. The molecule has 0 saturated carbocycles. The molecule has 2 aliphatic heterocycles. The van der Waals surface area contributed by atoms with Crippen LogP contribution in [0.1, 0.15) is 37.4 Å². The summed E-state index contributed by atoms with van der Waals surface area (Å²) in [6.07, 6.45) is 5.52. The number of hydrogen-bond donors (Lipinski definition) is 2. The zero-order valence-corrected chi connectivity index (χ0v) is 14.3. The van der Waals surface area contributed by atoms with Crippen LogP contribution in [0.2, 0.25) is 0 Å². The van der Waals surface area contributed by atoms with Crippen molar-refractivity contribution >= 4 is 11.7 Å². The minimum Gasteiger partial charge on any atom is -0.352 e. The van der Waals surface area contributed by atoms with Gasteiger partial charge >= 0.3 is 0 Å². The molecular weight excluding hydrogens is 304 g/mol. The number of nitrogens with zero attached hydrogens (tertiary/aromatic N) is 4. The molecule has 7 nitrogen and oxygen atoms in total. The molecule has 4 rings (SSSR count). The molecule has 0 aromatic carbocycles. The lowest BCUT2D eigenvalue weighted by molar-refractivity contribution is -0.133. The van der Waals surface area contributed by atoms with Crippen molar-refractivity contribution in [1.29, 1.82) is 0 Å². The molecule has 0 bridgehead atoms. The number of amides is 1. The van der Waals surface area contributed by atoms with E-state index in [2.05, 4.69) is 38.9 Å². The maximum Gasteiger partial charge on any atom is 0.241 e. The van der Waals surface area contributed by atoms with Crippen molar-refractivity contribution in [2.75, 3.05) is 31.1 Å². The summed E-state index contributed by atoms with van der Waals surface area (Å²) in [6.45, 7) is 5.26. The zero-order valence-electron chi connectivity index (χ0n) is 14.3. The monoisotopic (exact) mass is 330 g/mol. The van der Waals surface area contributed by atoms with Crippen LogP contribution < -0.4 is 15.8 Å². The third kappa shape index (κ3) is 3.10. The molecule has 3 aliphatic rings. The fourth-order valence-electron chi connectivity index (χ4n) is 3.89. The van der Waals surface area contributed by atoms with E-state index in [1.54, 1.807) is 0 Å². The molecule has 2 unspecified atom stereocenters. The SMILES string of the molecule is CC1CC(C(=O)N2CCN(c3cc4c(nn3)CCCC4)CC2)NN1. The summed E-state index contributed by atoms with van der Waals surface area (Å²) in [6, 6.07) is 2.48. The van der Waals surface area contributed by atoms with Gasteiger partial charge in [-0.1, -0.05) is 0 Å². The number of hydrazine groups is 1. The molecule has 7 heteroatoms. The van der Waals surface area contributed by atoms with Crippen LogP contribution in [-0.4, -0.2) is 59.3 Å². The molecule has 3 heterocycles. The van der Waals surface area contributed by atoms with E-state index in [4.69, 9.17) is 0 Å². The van der Waals surface area contributed by atoms with Crippen LogP contribution in [0.4, 0.5) is 5.82 Å². The first-order valence-electron chi connectivity index (χ1n) is 9.11. The lowest BCUT2D eigenvalue weighted by atomic mass is 9.97. The molecule has 0 radical (unpaired) electrons. The highest BCUT2D eigenvalue weighted by molar-refractivity contribution is 5.82. The average Bonchev–Trinajstić information content (AvgIpc) is 3.07. The van der Waals surface area contributed by atoms with Crippen molar-refractivity contribution in [3.63, 3.8) is 0 Å². The number of hydrogen-bond acceptors (Lipinski definition) is 6. The van der Waals surface area contributed by atoms with E-state index in [-0.39, 0.29) is 11.9 Å². The smallest absolute Gasteiger partial charge is 0.241 e. The van der Waals surface area contributed by atoms with Crippen molar-refractivity contribution in [2.24, 2.45) is 0 Å². The second-order valence-corrected chi connectivity index (χ2v) is 7.17. The first-order chi connectivity index (χ1) is 11.7. The zero-order chi connectivity index (χ0) is 16.5. The molecule has 2 saturated heterocycles. The highest BCUT2D eigenvalue weighted by Crippen LogP contribution is 2.23. The number of carbonyl (C=O) groups is 1. The van der Waals surface area contributed by atoms with Crippen molar-refractivity contribution in [2.45, 2.75) is 51.1 Å². The molecule has 130 valence electrons. The first-order valence-corrected chi connectivity index (χ1v) is 9.11. The Morgan fingerprint density at radius 3 is 2.67 bits per heavy atom. The molecule has 0 spiro atoms. The van der Waals surface area contributed by atoms with E-state index in [9.17, 15) is 4.79 Å². The van der Waals surface area contributed by atoms with Crippen molar-refractivity contribution in [3.05, 3.63) is 17.3 Å². The van der Waals surface area contributed by atoms with Crippen molar-refractivity contribution < 1.29 is 4.79 Å². The van der Waals surface area contributed by atoms with Gasteiger partial charge in [-0.2, -0.15) is 5.10 Å². The summed E-state index contributed by atoms with van der Waals surface area (Å²) in [5.74, 6) is 1.18. The Kier molecular flexibility index (Phi) is 4.37. The van der Waals surface area contributed by atoms with E-state index in [1.807, 2.05) is 4.90 Å². The quantitative estimate of drug-likeness (QED) is 0.810. The number of piperazine rings is 1. The summed E-state index contributed by atoms with van der Waals surface area (Å²) in [7, 11) is 0. The van der Waals surface area contributed by atoms with Crippen LogP contribution in [0.25, 0.3) is 0 Å². The normalized spacial score (nSPS) is 27.2. The highest BCUT2D eigenvalue weighted by Gasteiger charge is 2.32. The number of carbonyl (C=O) groups excluding carboxylic acids is 1. The van der Waals surface area contributed by atoms with Crippen LogP contribution >= 0.6 is 0 Å². The topological polar surface area (TPSA) is 73.4 Å². The van der Waals surface area contributed by atoms with E-state index >= 15 is 0 Å². The first kappa shape index (κ1) is 15.8. The van der Waals surface area contributed by atoms with Gasteiger partial charge in [0.15, 0.2) is 5.82 Å². The number of anilines is 1. The Bertz CT molecular complexity index is 613. The number of rotatable bonds is 2. The van der Waals surface area contributed by atoms with E-state index < -0.39 is 0 Å². The molecule has 2 atom stereocenters. The fraction of sp³-hybridized carbons (Fsp3) is 0.706. The molecule has 2 fully saturated rings. The maximum absolute atomic E-state index is 12.6. The van der Waals surface area contributed by atoms with Crippen LogP contribution in [0, 0.1) is 0 Å². The third-order valence-electron chi connectivity index (χ3n) is 5.36. The summed E-state index contributed by atoms with van der Waals surface area (Å²) >= 11 is 0. The molecule has 1 aromatic heterocycles. The Morgan fingerprint density at radius 1 is 1.12 bits per heavy atom. The number of nitrogens with one attached hydrogen (secondary N) is 2. The van der Waals surface area contributed by atoms with Gasteiger partial charge in [0.1, 0.15) is 6.04 Å². The van der Waals surface area contributed by atoms with Crippen LogP contribution in [-0.2, 0) is 17.6 Å². The van der Waals surface area contributed by atoms with Crippen LogP contribution in [0.15, 0.2) is 6.07 Å². The van der Waals surface area contributed by atoms with Crippen LogP contribution in [0.3, 0.4) is 0 Å². The second kappa shape index (κ2) is 6.64. The molecule has 24 heavy (non-hydrogen) atoms. The van der Waals surface area contributed by atoms with Gasteiger partial charge in [0.25, 0.3) is 0 Å². The molecular formula is C17H26N6O. The van der Waals surface area contributed by atoms with Gasteiger partial charge in [-0.3, -0.25) is 10.2 Å². The average molecular weight is 330 g/mol. The van der Waals surface area contributed by atoms with E-state index in [0.717, 1.165) is 51.3 Å². The van der Waals surface area contributed by atoms with E-state index in [0.29, 0.717) is 6.04 Å². The molecule has 2 N–H and O–H groups in total. The van der Waals surface area contributed by atoms with Gasteiger partial charge in [-0.15, -0.1) is 5.10 Å². The molecule has 1 amide bonds. The van der Waals surface area contributed by atoms with Gasteiger partial charge in [-0.05, 0) is 50.7 Å². The lowest BCUT2D eigenvalue weighted by Gasteiger charge is -2.36. The maximum atomic E-state index is 12.6. The van der Waals surface area contributed by atoms with Gasteiger partial charge in [0.2, 0.25) is 5.91 Å². The van der Waals surface area contributed by atoms with Crippen LogP contribution in [0.5, 0.6) is 0 Å². The predicted octanol–water partition coefficient (Wildman–Crippen LogP) is 0.259. The standard InChI is InChI=1S/C17H26N6O/c1-12-10-15(20-18-12)17(24)23-8-6-22(7-9-23)16-11-13-4-2-3-5-14(13)19-21-16/h11-12,15,18,20H,2-10H2,1H3. The van der Waals surface area contributed by atoms with Gasteiger partial charge in [0.05, 0.1) is 5.69 Å². The Hall–Kier alpha value is -1.73. The minimum absolute atomic E-state index is 0.0879. The number of aromatic nitrogens is 2. The molecule has 1 aromatic rings. The number of fused-ring (bicyclic) bond motifs is 1. The predicted molar refractivity (Wildman–Crippen MR) is 91.6 cm³/mol. The van der Waals surface area contributed by atoms with Gasteiger partial charge in [-0.25, -0.2) is 5.43 Å². The summed E-state index contributed by atoms with van der Waals surface area (Å²) in [5, 5.41) is 8.85. The Balaban J connectivity index is 1.37. The largest absolute Gasteiger partial charge is 0.352 e.